The van der Waals surface area contributed by atoms with Crippen LogP contribution in [0.25, 0.3) is 0 Å². The third-order valence-electron chi connectivity index (χ3n) is 4.13. The van der Waals surface area contributed by atoms with Crippen LogP contribution in [0.5, 0.6) is 0 Å². The lowest BCUT2D eigenvalue weighted by atomic mass is 10.0. The quantitative estimate of drug-likeness (QED) is 0.260. The molecule has 0 aliphatic carbocycles. The fourth-order valence-electron chi connectivity index (χ4n) is 2.71. The molecule has 1 rings (SSSR count). The molecule has 126 valence electrons. The molecule has 2 atom stereocenters. The van der Waals surface area contributed by atoms with Crippen molar-refractivity contribution in [1.29, 1.82) is 0 Å². The van der Waals surface area contributed by atoms with Crippen LogP contribution in [0.3, 0.4) is 0 Å². The van der Waals surface area contributed by atoms with Gasteiger partial charge >= 0.3 is 5.97 Å². The van der Waals surface area contributed by atoms with Gasteiger partial charge in [-0.3, -0.25) is 0 Å². The molecule has 0 aromatic rings. The lowest BCUT2D eigenvalue weighted by molar-refractivity contribution is -0.138. The molecule has 1 N–H and O–H groups in total. The van der Waals surface area contributed by atoms with Crippen LogP contribution in [-0.2, 0) is 9.53 Å². The molecule has 3 heteroatoms. The normalized spacial score (nSPS) is 23.6. The molecular formula is C19H32O3. The molecule has 0 aromatic carbocycles. The Hall–Kier alpha value is -1.09. The van der Waals surface area contributed by atoms with Crippen molar-refractivity contribution in [2.45, 2.75) is 90.3 Å². The highest BCUT2D eigenvalue weighted by Gasteiger charge is 2.34. The van der Waals surface area contributed by atoms with Crippen LogP contribution < -0.4 is 0 Å². The highest BCUT2D eigenvalue weighted by molar-refractivity contribution is 5.92. The van der Waals surface area contributed by atoms with E-state index >= 15 is 0 Å². The summed E-state index contributed by atoms with van der Waals surface area (Å²) in [7, 11) is 0. The largest absolute Gasteiger partial charge is 0.456 e. The first-order chi connectivity index (χ1) is 10.7. The van der Waals surface area contributed by atoms with Crippen LogP contribution in [0.2, 0.25) is 0 Å². The minimum atomic E-state index is -0.741. The first kappa shape index (κ1) is 19.0. The lowest BCUT2D eigenvalue weighted by Crippen LogP contribution is -2.17. The Morgan fingerprint density at radius 3 is 2.14 bits per heavy atom. The maximum atomic E-state index is 11.5. The van der Waals surface area contributed by atoms with Gasteiger partial charge in [-0.05, 0) is 39.0 Å². The molecule has 1 heterocycles. The number of hydrogen-bond donors (Lipinski definition) is 1. The number of carbonyl (C=O) groups is 1. The molecule has 0 radical (unpaired) electrons. The minimum Gasteiger partial charge on any atom is -0.456 e. The van der Waals surface area contributed by atoms with Gasteiger partial charge in [-0.1, -0.05) is 57.3 Å². The summed E-state index contributed by atoms with van der Waals surface area (Å²) in [5, 5.41) is 9.79. The Bertz CT molecular complexity index is 371. The molecule has 3 nitrogen and oxygen atoms in total. The Balaban J connectivity index is 1.96. The van der Waals surface area contributed by atoms with Crippen molar-refractivity contribution in [1.82, 2.24) is 0 Å². The fraction of sp³-hybridized carbons (Fsp3) is 0.737. The molecule has 1 fully saturated rings. The van der Waals surface area contributed by atoms with Crippen molar-refractivity contribution in [3.05, 3.63) is 23.8 Å². The molecule has 0 bridgehead atoms. The van der Waals surface area contributed by atoms with Crippen LogP contribution in [0.1, 0.15) is 78.1 Å². The number of ether oxygens (including phenoxy) is 1. The summed E-state index contributed by atoms with van der Waals surface area (Å²) in [6.07, 6.45) is 17.3. The van der Waals surface area contributed by atoms with Gasteiger partial charge in [-0.25, -0.2) is 4.79 Å². The van der Waals surface area contributed by atoms with Crippen LogP contribution in [0, 0.1) is 0 Å². The summed E-state index contributed by atoms with van der Waals surface area (Å²) in [5.41, 5.74) is 0.452. The van der Waals surface area contributed by atoms with E-state index in [1.165, 1.54) is 44.9 Å². The Morgan fingerprint density at radius 2 is 1.59 bits per heavy atom. The second-order valence-electron chi connectivity index (χ2n) is 6.15. The first-order valence-corrected chi connectivity index (χ1v) is 8.91. The Morgan fingerprint density at radius 1 is 1.00 bits per heavy atom. The number of allylic oxidation sites excluding steroid dienone is 3. The molecule has 1 aliphatic rings. The van der Waals surface area contributed by atoms with E-state index in [1.807, 2.05) is 6.08 Å². The van der Waals surface area contributed by atoms with E-state index < -0.39 is 12.2 Å². The van der Waals surface area contributed by atoms with E-state index in [4.69, 9.17) is 4.74 Å². The highest BCUT2D eigenvalue weighted by Crippen LogP contribution is 2.22. The zero-order valence-corrected chi connectivity index (χ0v) is 14.2. The molecule has 0 saturated carbocycles. The first-order valence-electron chi connectivity index (χ1n) is 8.91. The van der Waals surface area contributed by atoms with Crippen LogP contribution in [-0.4, -0.2) is 23.3 Å². The summed E-state index contributed by atoms with van der Waals surface area (Å²) in [6, 6.07) is 0. The average Bonchev–Trinajstić information content (AvgIpc) is 2.74. The van der Waals surface area contributed by atoms with E-state index in [2.05, 4.69) is 19.1 Å². The second-order valence-corrected chi connectivity index (χ2v) is 6.15. The number of unbranched alkanes of at least 4 members (excludes halogenated alkanes) is 8. The molecule has 0 spiro atoms. The summed E-state index contributed by atoms with van der Waals surface area (Å²) in [4.78, 5) is 11.5. The van der Waals surface area contributed by atoms with Crippen molar-refractivity contribution in [2.24, 2.45) is 0 Å². The van der Waals surface area contributed by atoms with E-state index in [9.17, 15) is 9.90 Å². The predicted octanol–water partition coefficient (Wildman–Crippen LogP) is 4.70. The number of aliphatic hydroxyl groups excluding tert-OH is 1. The molecule has 0 aromatic heterocycles. The number of rotatable bonds is 11. The van der Waals surface area contributed by atoms with E-state index in [0.717, 1.165) is 19.3 Å². The molecule has 22 heavy (non-hydrogen) atoms. The smallest absolute Gasteiger partial charge is 0.336 e. The van der Waals surface area contributed by atoms with E-state index in [0.29, 0.717) is 5.57 Å². The third kappa shape index (κ3) is 7.26. The molecule has 1 aliphatic heterocycles. The van der Waals surface area contributed by atoms with E-state index in [1.54, 1.807) is 6.92 Å². The van der Waals surface area contributed by atoms with Gasteiger partial charge in [0.25, 0.3) is 0 Å². The molecular weight excluding hydrogens is 276 g/mol. The van der Waals surface area contributed by atoms with E-state index in [-0.39, 0.29) is 5.97 Å². The van der Waals surface area contributed by atoms with Crippen LogP contribution in [0.4, 0.5) is 0 Å². The van der Waals surface area contributed by atoms with Crippen LogP contribution in [0.15, 0.2) is 23.8 Å². The highest BCUT2D eigenvalue weighted by atomic mass is 16.6. The van der Waals surface area contributed by atoms with Gasteiger partial charge in [0, 0.05) is 0 Å². The predicted molar refractivity (Wildman–Crippen MR) is 90.6 cm³/mol. The number of hydrogen-bond acceptors (Lipinski definition) is 3. The zero-order chi connectivity index (χ0) is 16.2. The number of aliphatic hydroxyl groups is 1. The molecule has 0 amide bonds. The zero-order valence-electron chi connectivity index (χ0n) is 14.2. The van der Waals surface area contributed by atoms with Crippen molar-refractivity contribution in [3.63, 3.8) is 0 Å². The van der Waals surface area contributed by atoms with Crippen molar-refractivity contribution < 1.29 is 14.6 Å². The Labute approximate surface area is 135 Å². The summed E-state index contributed by atoms with van der Waals surface area (Å²) >= 11 is 0. The topological polar surface area (TPSA) is 46.5 Å². The number of cyclic esters (lactones) is 1. The standard InChI is InChI=1S/C19H32O3/c1-3-4-5-6-7-8-9-10-11-12-13-14-15-17-18(20)16(2)22-19(17)21/h4-5,15-16,18,20H,3,6-14H2,1-2H3/b5-4+,17-15+/t16-,18-/m1/s1. The maximum absolute atomic E-state index is 11.5. The van der Waals surface area contributed by atoms with Crippen molar-refractivity contribution in [3.8, 4) is 0 Å². The monoisotopic (exact) mass is 308 g/mol. The number of carbonyl (C=O) groups excluding carboxylic acids is 1. The minimum absolute atomic E-state index is 0.350. The fourth-order valence-corrected chi connectivity index (χ4v) is 2.71. The summed E-state index contributed by atoms with van der Waals surface area (Å²) in [6.45, 7) is 3.89. The van der Waals surface area contributed by atoms with Gasteiger partial charge in [0.05, 0.1) is 5.57 Å². The van der Waals surface area contributed by atoms with Gasteiger partial charge in [0.2, 0.25) is 0 Å². The SMILES string of the molecule is CC/C=C/CCCCCCCCC/C=C1/C(=O)O[C@H](C)[C@H]1O. The van der Waals surface area contributed by atoms with Gasteiger partial charge in [0.15, 0.2) is 0 Å². The molecule has 0 unspecified atom stereocenters. The van der Waals surface area contributed by atoms with Crippen LogP contribution >= 0.6 is 0 Å². The molecule has 1 saturated heterocycles. The van der Waals surface area contributed by atoms with Crippen molar-refractivity contribution in [2.75, 3.05) is 0 Å². The summed E-state index contributed by atoms with van der Waals surface area (Å²) in [5.74, 6) is -0.350. The average molecular weight is 308 g/mol. The van der Waals surface area contributed by atoms with Gasteiger partial charge in [-0.2, -0.15) is 0 Å². The summed E-state index contributed by atoms with van der Waals surface area (Å²) < 4.78 is 4.98. The Kier molecular flexibility index (Phi) is 9.89. The maximum Gasteiger partial charge on any atom is 0.336 e. The van der Waals surface area contributed by atoms with Gasteiger partial charge in [0.1, 0.15) is 12.2 Å². The van der Waals surface area contributed by atoms with Gasteiger partial charge in [-0.15, -0.1) is 0 Å². The third-order valence-corrected chi connectivity index (χ3v) is 4.13. The number of esters is 1. The van der Waals surface area contributed by atoms with Gasteiger partial charge < -0.3 is 9.84 Å². The second kappa shape index (κ2) is 11.5. The lowest BCUT2D eigenvalue weighted by Gasteiger charge is -2.04. The van der Waals surface area contributed by atoms with Crippen molar-refractivity contribution >= 4 is 5.97 Å².